The van der Waals surface area contributed by atoms with Gasteiger partial charge in [-0.1, -0.05) is 30.7 Å². The maximum absolute atomic E-state index is 3.43. The monoisotopic (exact) mass is 220 g/mol. The highest BCUT2D eigenvalue weighted by Gasteiger charge is 2.19. The number of nitrogens with one attached hydrogen (secondary N) is 1. The Kier molecular flexibility index (Phi) is 4.61. The summed E-state index contributed by atoms with van der Waals surface area (Å²) in [5.41, 5.74) is 1.55. The zero-order valence-electron chi connectivity index (χ0n) is 10.4. The number of allylic oxidation sites excluding steroid dienone is 3. The molecule has 0 amide bonds. The molecule has 0 aromatic rings. The molecule has 1 heterocycles. The first-order valence-corrected chi connectivity index (χ1v) is 6.70. The van der Waals surface area contributed by atoms with E-state index in [0.717, 1.165) is 19.1 Å². The average molecular weight is 220 g/mol. The molecule has 1 saturated heterocycles. The summed E-state index contributed by atoms with van der Waals surface area (Å²) < 4.78 is 0. The van der Waals surface area contributed by atoms with E-state index in [1.807, 2.05) is 0 Å². The first-order chi connectivity index (χ1) is 7.90. The maximum atomic E-state index is 3.43. The highest BCUT2D eigenvalue weighted by molar-refractivity contribution is 5.23. The third-order valence-electron chi connectivity index (χ3n) is 3.68. The lowest BCUT2D eigenvalue weighted by atomic mass is 9.97. The highest BCUT2D eigenvalue weighted by atomic mass is 15.2. The number of piperazine rings is 1. The molecule has 2 rings (SSSR count). The Bertz CT molecular complexity index is 262. The summed E-state index contributed by atoms with van der Waals surface area (Å²) in [5, 5.41) is 3.43. The van der Waals surface area contributed by atoms with Crippen molar-refractivity contribution in [2.24, 2.45) is 0 Å². The number of nitrogens with zero attached hydrogens (tertiary/aromatic N) is 1. The predicted molar refractivity (Wildman–Crippen MR) is 69.6 cm³/mol. The van der Waals surface area contributed by atoms with Crippen molar-refractivity contribution in [1.29, 1.82) is 0 Å². The van der Waals surface area contributed by atoms with E-state index in [2.05, 4.69) is 35.4 Å². The van der Waals surface area contributed by atoms with Crippen LogP contribution in [-0.4, -0.2) is 37.1 Å². The van der Waals surface area contributed by atoms with Gasteiger partial charge in [0, 0.05) is 32.2 Å². The average Bonchev–Trinajstić information content (AvgIpc) is 2.38. The van der Waals surface area contributed by atoms with E-state index in [9.17, 15) is 0 Å². The topological polar surface area (TPSA) is 15.3 Å². The highest BCUT2D eigenvalue weighted by Crippen LogP contribution is 2.20. The molecule has 0 aromatic heterocycles. The van der Waals surface area contributed by atoms with E-state index in [0.29, 0.717) is 0 Å². The van der Waals surface area contributed by atoms with Gasteiger partial charge in [-0.15, -0.1) is 0 Å². The summed E-state index contributed by atoms with van der Waals surface area (Å²) in [6.07, 6.45) is 12.1. The van der Waals surface area contributed by atoms with Gasteiger partial charge in [0.2, 0.25) is 0 Å². The van der Waals surface area contributed by atoms with Gasteiger partial charge < -0.3 is 5.32 Å². The van der Waals surface area contributed by atoms with Crippen molar-refractivity contribution in [3.05, 3.63) is 23.8 Å². The molecule has 1 atom stereocenters. The van der Waals surface area contributed by atoms with Gasteiger partial charge in [-0.2, -0.15) is 0 Å². The molecule has 0 radical (unpaired) electrons. The number of hydrogen-bond donors (Lipinski definition) is 1. The summed E-state index contributed by atoms with van der Waals surface area (Å²) >= 11 is 0. The summed E-state index contributed by atoms with van der Waals surface area (Å²) in [6.45, 7) is 7.07. The van der Waals surface area contributed by atoms with Gasteiger partial charge in [0.1, 0.15) is 0 Å². The minimum atomic E-state index is 0.746. The van der Waals surface area contributed by atoms with E-state index in [1.165, 1.54) is 38.8 Å². The second-order valence-electron chi connectivity index (χ2n) is 4.81. The number of hydrogen-bond acceptors (Lipinski definition) is 2. The third kappa shape index (κ3) is 3.19. The smallest absolute Gasteiger partial charge is 0.0134 e. The number of rotatable bonds is 4. The predicted octanol–water partition coefficient (Wildman–Crippen LogP) is 2.34. The van der Waals surface area contributed by atoms with E-state index in [4.69, 9.17) is 0 Å². The van der Waals surface area contributed by atoms with Gasteiger partial charge in [-0.3, -0.25) is 4.90 Å². The molecule has 0 spiro atoms. The first kappa shape index (κ1) is 11.9. The second kappa shape index (κ2) is 6.21. The fraction of sp³-hybridized carbons (Fsp3) is 0.714. The van der Waals surface area contributed by atoms with Crippen LogP contribution in [0.25, 0.3) is 0 Å². The molecule has 2 nitrogen and oxygen atoms in total. The summed E-state index contributed by atoms with van der Waals surface area (Å²) in [6, 6.07) is 0.746. The Labute approximate surface area is 99.4 Å². The summed E-state index contributed by atoms with van der Waals surface area (Å²) in [7, 11) is 0. The van der Waals surface area contributed by atoms with E-state index in [1.54, 1.807) is 5.57 Å². The van der Waals surface area contributed by atoms with Crippen molar-refractivity contribution in [3.8, 4) is 0 Å². The minimum Gasteiger partial charge on any atom is -0.314 e. The van der Waals surface area contributed by atoms with Crippen LogP contribution in [-0.2, 0) is 0 Å². The Morgan fingerprint density at radius 1 is 1.31 bits per heavy atom. The summed E-state index contributed by atoms with van der Waals surface area (Å²) in [5.74, 6) is 0. The molecule has 90 valence electrons. The molecule has 2 aliphatic rings. The van der Waals surface area contributed by atoms with Gasteiger partial charge in [0.25, 0.3) is 0 Å². The van der Waals surface area contributed by atoms with E-state index in [-0.39, 0.29) is 0 Å². The van der Waals surface area contributed by atoms with Crippen molar-refractivity contribution < 1.29 is 0 Å². The molecule has 0 aromatic carbocycles. The standard InChI is InChI=1S/C14H24N2/c1-2-14(16-10-8-15-9-11-16)12-13-6-4-3-5-7-13/h4,6-7,14-15H,2-3,5,8-12H2,1H3. The molecule has 0 saturated carbocycles. The Balaban J connectivity index is 1.88. The lowest BCUT2D eigenvalue weighted by molar-refractivity contribution is 0.168. The molecule has 1 N–H and O–H groups in total. The van der Waals surface area contributed by atoms with Crippen LogP contribution in [0.2, 0.25) is 0 Å². The first-order valence-electron chi connectivity index (χ1n) is 6.70. The summed E-state index contributed by atoms with van der Waals surface area (Å²) in [4.78, 5) is 2.65. The third-order valence-corrected chi connectivity index (χ3v) is 3.68. The van der Waals surface area contributed by atoms with Crippen molar-refractivity contribution in [2.75, 3.05) is 26.2 Å². The van der Waals surface area contributed by atoms with Crippen molar-refractivity contribution in [1.82, 2.24) is 10.2 Å². The van der Waals surface area contributed by atoms with Crippen LogP contribution in [0.3, 0.4) is 0 Å². The fourth-order valence-electron chi connectivity index (χ4n) is 2.67. The fourth-order valence-corrected chi connectivity index (χ4v) is 2.67. The van der Waals surface area contributed by atoms with Crippen LogP contribution in [0, 0.1) is 0 Å². The zero-order valence-corrected chi connectivity index (χ0v) is 10.4. The van der Waals surface area contributed by atoms with Crippen LogP contribution >= 0.6 is 0 Å². The van der Waals surface area contributed by atoms with E-state index >= 15 is 0 Å². The van der Waals surface area contributed by atoms with Crippen molar-refractivity contribution >= 4 is 0 Å². The van der Waals surface area contributed by atoms with Crippen LogP contribution in [0.15, 0.2) is 23.8 Å². The van der Waals surface area contributed by atoms with Crippen LogP contribution in [0.1, 0.15) is 32.6 Å². The van der Waals surface area contributed by atoms with Crippen LogP contribution in [0.4, 0.5) is 0 Å². The quantitative estimate of drug-likeness (QED) is 0.782. The molecule has 16 heavy (non-hydrogen) atoms. The van der Waals surface area contributed by atoms with Crippen molar-refractivity contribution in [2.45, 2.75) is 38.6 Å². The van der Waals surface area contributed by atoms with Gasteiger partial charge in [0.15, 0.2) is 0 Å². The van der Waals surface area contributed by atoms with Crippen LogP contribution < -0.4 is 5.32 Å². The lowest BCUT2D eigenvalue weighted by Crippen LogP contribution is -2.48. The van der Waals surface area contributed by atoms with Gasteiger partial charge in [-0.25, -0.2) is 0 Å². The van der Waals surface area contributed by atoms with Crippen LogP contribution in [0.5, 0.6) is 0 Å². The normalized spacial score (nSPS) is 24.2. The van der Waals surface area contributed by atoms with E-state index < -0.39 is 0 Å². The SMILES string of the molecule is CCC(CC1=CCCC=C1)N1CCNCC1. The largest absolute Gasteiger partial charge is 0.314 e. The molecule has 2 heteroatoms. The molecular weight excluding hydrogens is 196 g/mol. The molecule has 0 bridgehead atoms. The minimum absolute atomic E-state index is 0.746. The zero-order chi connectivity index (χ0) is 11.2. The Hall–Kier alpha value is -0.600. The molecule has 1 unspecified atom stereocenters. The molecule has 1 aliphatic carbocycles. The molecule has 1 fully saturated rings. The second-order valence-corrected chi connectivity index (χ2v) is 4.81. The molecule has 1 aliphatic heterocycles. The lowest BCUT2D eigenvalue weighted by Gasteiger charge is -2.35. The molecular formula is C14H24N2. The maximum Gasteiger partial charge on any atom is 0.0134 e. The Morgan fingerprint density at radius 3 is 2.75 bits per heavy atom. The van der Waals surface area contributed by atoms with Gasteiger partial charge in [0.05, 0.1) is 0 Å². The van der Waals surface area contributed by atoms with Crippen molar-refractivity contribution in [3.63, 3.8) is 0 Å². The Morgan fingerprint density at radius 2 is 2.12 bits per heavy atom. The van der Waals surface area contributed by atoms with Gasteiger partial charge in [-0.05, 0) is 25.7 Å². The van der Waals surface area contributed by atoms with Gasteiger partial charge >= 0.3 is 0 Å².